The standard InChI is InChI=1S/C23H31FO4/c1-2-3-4-7-18-8-9-22(23(24)14-18)19-15-20(27-12-5-10-25)17-21(16-19)28-13-6-11-26/h8-9,14-17,25-26H,2-7,10-13H2,1H3. The van der Waals surface area contributed by atoms with Gasteiger partial charge in [0.1, 0.15) is 17.3 Å². The van der Waals surface area contributed by atoms with Gasteiger partial charge in [-0.25, -0.2) is 4.39 Å². The summed E-state index contributed by atoms with van der Waals surface area (Å²) in [6, 6.07) is 10.7. The summed E-state index contributed by atoms with van der Waals surface area (Å²) < 4.78 is 26.1. The van der Waals surface area contributed by atoms with Crippen LogP contribution in [-0.2, 0) is 6.42 Å². The molecule has 154 valence electrons. The number of aliphatic hydroxyl groups is 2. The second kappa shape index (κ2) is 12.4. The molecule has 2 rings (SSSR count). The predicted octanol–water partition coefficient (Wildman–Crippen LogP) is 4.75. The second-order valence-corrected chi connectivity index (χ2v) is 6.82. The summed E-state index contributed by atoms with van der Waals surface area (Å²) in [5.41, 5.74) is 2.18. The number of hydrogen-bond acceptors (Lipinski definition) is 4. The lowest BCUT2D eigenvalue weighted by Crippen LogP contribution is -2.02. The normalized spacial score (nSPS) is 10.9. The zero-order valence-electron chi connectivity index (χ0n) is 16.6. The van der Waals surface area contributed by atoms with Gasteiger partial charge in [-0.3, -0.25) is 0 Å². The van der Waals surface area contributed by atoms with Gasteiger partial charge in [0.05, 0.1) is 13.2 Å². The number of aryl methyl sites for hydroxylation is 1. The molecule has 0 heterocycles. The lowest BCUT2D eigenvalue weighted by Gasteiger charge is -2.13. The molecule has 0 unspecified atom stereocenters. The Labute approximate surface area is 166 Å². The largest absolute Gasteiger partial charge is 0.493 e. The van der Waals surface area contributed by atoms with Crippen LogP contribution in [0.2, 0.25) is 0 Å². The van der Waals surface area contributed by atoms with Gasteiger partial charge in [0.2, 0.25) is 0 Å². The van der Waals surface area contributed by atoms with Crippen molar-refractivity contribution >= 4 is 0 Å². The van der Waals surface area contributed by atoms with E-state index in [0.717, 1.165) is 31.2 Å². The van der Waals surface area contributed by atoms with Crippen molar-refractivity contribution in [2.45, 2.75) is 45.4 Å². The van der Waals surface area contributed by atoms with Gasteiger partial charge < -0.3 is 19.7 Å². The van der Waals surface area contributed by atoms with Crippen LogP contribution in [0, 0.1) is 5.82 Å². The van der Waals surface area contributed by atoms with Crippen molar-refractivity contribution in [3.05, 3.63) is 47.8 Å². The van der Waals surface area contributed by atoms with E-state index in [1.807, 2.05) is 6.07 Å². The number of unbranched alkanes of at least 4 members (excludes halogenated alkanes) is 2. The summed E-state index contributed by atoms with van der Waals surface area (Å²) in [6.07, 6.45) is 5.27. The third-order valence-corrected chi connectivity index (χ3v) is 4.44. The zero-order chi connectivity index (χ0) is 20.2. The van der Waals surface area contributed by atoms with Crippen molar-refractivity contribution in [2.75, 3.05) is 26.4 Å². The first-order valence-electron chi connectivity index (χ1n) is 10.1. The zero-order valence-corrected chi connectivity index (χ0v) is 16.6. The molecule has 0 aliphatic carbocycles. The molecule has 4 nitrogen and oxygen atoms in total. The lowest BCUT2D eigenvalue weighted by atomic mass is 10.00. The summed E-state index contributed by atoms with van der Waals surface area (Å²) >= 11 is 0. The highest BCUT2D eigenvalue weighted by Crippen LogP contribution is 2.32. The average Bonchev–Trinajstić information content (AvgIpc) is 2.69. The molecule has 0 saturated heterocycles. The third kappa shape index (κ3) is 7.13. The van der Waals surface area contributed by atoms with Crippen LogP contribution < -0.4 is 9.47 Å². The smallest absolute Gasteiger partial charge is 0.131 e. The Hall–Kier alpha value is -2.11. The third-order valence-electron chi connectivity index (χ3n) is 4.44. The number of rotatable bonds is 13. The summed E-state index contributed by atoms with van der Waals surface area (Å²) in [4.78, 5) is 0. The van der Waals surface area contributed by atoms with Crippen molar-refractivity contribution < 1.29 is 24.1 Å². The first kappa shape index (κ1) is 22.2. The Morgan fingerprint density at radius 2 is 1.46 bits per heavy atom. The number of hydrogen-bond donors (Lipinski definition) is 2. The molecule has 5 heteroatoms. The van der Waals surface area contributed by atoms with Crippen LogP contribution >= 0.6 is 0 Å². The van der Waals surface area contributed by atoms with Crippen LogP contribution in [0.1, 0.15) is 44.6 Å². The fraction of sp³-hybridized carbons (Fsp3) is 0.478. The molecule has 0 radical (unpaired) electrons. The van der Waals surface area contributed by atoms with Crippen molar-refractivity contribution in [2.24, 2.45) is 0 Å². The van der Waals surface area contributed by atoms with E-state index in [9.17, 15) is 4.39 Å². The van der Waals surface area contributed by atoms with E-state index in [4.69, 9.17) is 19.7 Å². The first-order chi connectivity index (χ1) is 13.7. The van der Waals surface area contributed by atoms with E-state index >= 15 is 0 Å². The highest BCUT2D eigenvalue weighted by atomic mass is 19.1. The molecule has 0 fully saturated rings. The quantitative estimate of drug-likeness (QED) is 0.485. The van der Waals surface area contributed by atoms with Crippen molar-refractivity contribution in [3.63, 3.8) is 0 Å². The minimum absolute atomic E-state index is 0.0493. The average molecular weight is 390 g/mol. The SMILES string of the molecule is CCCCCc1ccc(-c2cc(OCCCO)cc(OCCCO)c2)c(F)c1. The highest BCUT2D eigenvalue weighted by Gasteiger charge is 2.11. The number of benzene rings is 2. The molecular formula is C23H31FO4. The maximum absolute atomic E-state index is 14.8. The summed E-state index contributed by atoms with van der Waals surface area (Å²) in [6.45, 7) is 2.99. The van der Waals surface area contributed by atoms with Crippen LogP contribution in [0.15, 0.2) is 36.4 Å². The Bertz CT molecular complexity index is 689. The van der Waals surface area contributed by atoms with Crippen molar-refractivity contribution in [3.8, 4) is 22.6 Å². The van der Waals surface area contributed by atoms with Crippen LogP contribution in [0.3, 0.4) is 0 Å². The van der Waals surface area contributed by atoms with Crippen LogP contribution in [0.5, 0.6) is 11.5 Å². The van der Waals surface area contributed by atoms with Crippen LogP contribution in [0.4, 0.5) is 4.39 Å². The van der Waals surface area contributed by atoms with Crippen molar-refractivity contribution in [1.29, 1.82) is 0 Å². The lowest BCUT2D eigenvalue weighted by molar-refractivity contribution is 0.228. The Balaban J connectivity index is 2.23. The van der Waals surface area contributed by atoms with Gasteiger partial charge in [0, 0.05) is 37.7 Å². The monoisotopic (exact) mass is 390 g/mol. The molecule has 28 heavy (non-hydrogen) atoms. The molecule has 0 atom stereocenters. The topological polar surface area (TPSA) is 58.9 Å². The molecule has 0 aliphatic rings. The number of aliphatic hydroxyl groups excluding tert-OH is 2. The maximum Gasteiger partial charge on any atom is 0.131 e. The van der Waals surface area contributed by atoms with E-state index < -0.39 is 0 Å². The first-order valence-corrected chi connectivity index (χ1v) is 10.1. The molecule has 0 amide bonds. The van der Waals surface area contributed by atoms with Crippen molar-refractivity contribution in [1.82, 2.24) is 0 Å². The van der Waals surface area contributed by atoms with Gasteiger partial charge in [-0.1, -0.05) is 31.9 Å². The summed E-state index contributed by atoms with van der Waals surface area (Å²) in [5.74, 6) is 0.871. The predicted molar refractivity (Wildman–Crippen MR) is 109 cm³/mol. The molecule has 0 saturated carbocycles. The Morgan fingerprint density at radius 3 is 2.00 bits per heavy atom. The van der Waals surface area contributed by atoms with E-state index in [2.05, 4.69) is 6.92 Å². The van der Waals surface area contributed by atoms with Gasteiger partial charge in [0.25, 0.3) is 0 Å². The van der Waals surface area contributed by atoms with Crippen LogP contribution in [0.25, 0.3) is 11.1 Å². The second-order valence-electron chi connectivity index (χ2n) is 6.82. The molecule has 0 bridgehead atoms. The van der Waals surface area contributed by atoms with Gasteiger partial charge in [0.15, 0.2) is 0 Å². The van der Waals surface area contributed by atoms with Gasteiger partial charge in [-0.05, 0) is 42.2 Å². The van der Waals surface area contributed by atoms with Crippen LogP contribution in [-0.4, -0.2) is 36.6 Å². The minimum Gasteiger partial charge on any atom is -0.493 e. The van der Waals surface area contributed by atoms with E-state index in [1.165, 1.54) is 0 Å². The van der Waals surface area contributed by atoms with E-state index in [1.54, 1.807) is 30.3 Å². The molecule has 0 spiro atoms. The fourth-order valence-corrected chi connectivity index (χ4v) is 2.93. The van der Waals surface area contributed by atoms with E-state index in [0.29, 0.717) is 48.7 Å². The molecule has 0 aromatic heterocycles. The van der Waals surface area contributed by atoms with Gasteiger partial charge in [-0.2, -0.15) is 0 Å². The van der Waals surface area contributed by atoms with Gasteiger partial charge in [-0.15, -0.1) is 0 Å². The Morgan fingerprint density at radius 1 is 0.821 bits per heavy atom. The summed E-state index contributed by atoms with van der Waals surface area (Å²) in [7, 11) is 0. The Kier molecular flexibility index (Phi) is 9.80. The maximum atomic E-state index is 14.8. The highest BCUT2D eigenvalue weighted by molar-refractivity contribution is 5.68. The van der Waals surface area contributed by atoms with Gasteiger partial charge >= 0.3 is 0 Å². The molecule has 2 aromatic rings. The number of ether oxygens (including phenoxy) is 2. The number of halogens is 1. The van der Waals surface area contributed by atoms with E-state index in [-0.39, 0.29) is 19.0 Å². The molecular weight excluding hydrogens is 359 g/mol. The fourth-order valence-electron chi connectivity index (χ4n) is 2.93. The molecule has 2 aromatic carbocycles. The molecule has 2 N–H and O–H groups in total. The summed E-state index contributed by atoms with van der Waals surface area (Å²) in [5, 5.41) is 17.9. The minimum atomic E-state index is -0.261. The molecule has 0 aliphatic heterocycles.